The zero-order chi connectivity index (χ0) is 16.2. The average Bonchev–Trinajstić information content (AvgIpc) is 3.09. The second-order valence-corrected chi connectivity index (χ2v) is 8.00. The fraction of sp³-hybridized carbons (Fsp3) is 0.786. The number of rotatable bonds is 8. The maximum Gasteiger partial charge on any atom is 0.211 e. The minimum Gasteiger partial charge on any atom is -0.396 e. The lowest BCUT2D eigenvalue weighted by molar-refractivity contribution is 0.215. The van der Waals surface area contributed by atoms with Crippen molar-refractivity contribution in [1.29, 1.82) is 0 Å². The molecule has 0 bridgehead atoms. The van der Waals surface area contributed by atoms with Crippen LogP contribution in [0.15, 0.2) is 12.4 Å². The molecule has 22 heavy (non-hydrogen) atoms. The summed E-state index contributed by atoms with van der Waals surface area (Å²) < 4.78 is 27.1. The second kappa shape index (κ2) is 7.54. The van der Waals surface area contributed by atoms with Gasteiger partial charge >= 0.3 is 0 Å². The average molecular weight is 330 g/mol. The Hall–Kier alpha value is -0.960. The van der Waals surface area contributed by atoms with Crippen molar-refractivity contribution in [3.05, 3.63) is 18.0 Å². The van der Waals surface area contributed by atoms with Gasteiger partial charge in [0, 0.05) is 51.3 Å². The highest BCUT2D eigenvalue weighted by molar-refractivity contribution is 7.89. The number of sulfonamides is 1. The molecule has 1 fully saturated rings. The molecule has 0 amide bonds. The molecule has 0 aromatic carbocycles. The molecule has 0 aliphatic carbocycles. The van der Waals surface area contributed by atoms with Gasteiger partial charge < -0.3 is 10.0 Å². The summed E-state index contributed by atoms with van der Waals surface area (Å²) in [4.78, 5) is 2.29. The van der Waals surface area contributed by atoms with Crippen LogP contribution in [0.2, 0.25) is 0 Å². The first-order valence-electron chi connectivity index (χ1n) is 7.74. The molecular weight excluding hydrogens is 304 g/mol. The number of aliphatic hydroxyl groups is 1. The van der Waals surface area contributed by atoms with Gasteiger partial charge in [0.15, 0.2) is 0 Å². The zero-order valence-electron chi connectivity index (χ0n) is 13.3. The van der Waals surface area contributed by atoms with Gasteiger partial charge in [0.1, 0.15) is 0 Å². The lowest BCUT2D eigenvalue weighted by Gasteiger charge is -2.15. The minimum atomic E-state index is -3.10. The number of aryl methyl sites for hydroxylation is 1. The molecule has 2 rings (SSSR count). The van der Waals surface area contributed by atoms with Gasteiger partial charge in [0.05, 0.1) is 11.9 Å². The van der Waals surface area contributed by atoms with E-state index in [9.17, 15) is 13.5 Å². The molecule has 1 aliphatic rings. The van der Waals surface area contributed by atoms with Crippen molar-refractivity contribution in [2.75, 3.05) is 38.5 Å². The minimum absolute atomic E-state index is 0.117. The van der Waals surface area contributed by atoms with Crippen LogP contribution in [0.1, 0.15) is 24.8 Å². The molecule has 2 N–H and O–H groups in total. The van der Waals surface area contributed by atoms with Crippen LogP contribution in [-0.4, -0.2) is 66.7 Å². The number of aliphatic hydroxyl groups excluding tert-OH is 1. The van der Waals surface area contributed by atoms with Crippen LogP contribution in [0.25, 0.3) is 0 Å². The molecule has 7 nitrogen and oxygen atoms in total. The smallest absolute Gasteiger partial charge is 0.211 e. The van der Waals surface area contributed by atoms with Crippen molar-refractivity contribution in [2.45, 2.75) is 19.3 Å². The van der Waals surface area contributed by atoms with Crippen LogP contribution in [0.3, 0.4) is 0 Å². The first-order valence-corrected chi connectivity index (χ1v) is 9.39. The van der Waals surface area contributed by atoms with E-state index in [-0.39, 0.29) is 18.3 Å². The molecule has 1 aliphatic heterocycles. The second-order valence-electron chi connectivity index (χ2n) is 5.91. The molecule has 1 saturated heterocycles. The zero-order valence-corrected chi connectivity index (χ0v) is 14.1. The number of hydrogen-bond acceptors (Lipinski definition) is 5. The summed E-state index contributed by atoms with van der Waals surface area (Å²) in [6, 6.07) is 0. The molecule has 8 heteroatoms. The van der Waals surface area contributed by atoms with Crippen molar-refractivity contribution in [2.24, 2.45) is 13.0 Å². The quantitative estimate of drug-likeness (QED) is 0.642. The Kier molecular flexibility index (Phi) is 5.96. The maximum atomic E-state index is 11.4. The van der Waals surface area contributed by atoms with E-state index >= 15 is 0 Å². The van der Waals surface area contributed by atoms with E-state index in [1.807, 2.05) is 19.4 Å². The predicted molar refractivity (Wildman–Crippen MR) is 85.0 cm³/mol. The molecule has 2 atom stereocenters. The van der Waals surface area contributed by atoms with E-state index in [2.05, 4.69) is 14.7 Å². The standard InChI is InChI=1S/C14H26N4O3S/c1-3-22(20,21)16-5-4-6-18-9-13(11-19)14(10-18)12-7-15-17(2)8-12/h7-8,13-14,16,19H,3-6,9-11H2,1-2H3/t13-,14-/m0/s1. The van der Waals surface area contributed by atoms with Crippen molar-refractivity contribution >= 4 is 10.0 Å². The Labute approximate surface area is 132 Å². The molecule has 1 aromatic rings. The first-order chi connectivity index (χ1) is 10.4. The van der Waals surface area contributed by atoms with E-state index in [4.69, 9.17) is 0 Å². The summed E-state index contributed by atoms with van der Waals surface area (Å²) in [5, 5.41) is 13.8. The molecule has 0 radical (unpaired) electrons. The summed E-state index contributed by atoms with van der Waals surface area (Å²) in [5.41, 5.74) is 1.16. The third-order valence-corrected chi connectivity index (χ3v) is 5.66. The van der Waals surface area contributed by atoms with Crippen LogP contribution in [0.5, 0.6) is 0 Å². The van der Waals surface area contributed by atoms with Crippen LogP contribution in [0.4, 0.5) is 0 Å². The van der Waals surface area contributed by atoms with Crippen LogP contribution in [0, 0.1) is 5.92 Å². The van der Waals surface area contributed by atoms with Crippen molar-refractivity contribution in [3.63, 3.8) is 0 Å². The highest BCUT2D eigenvalue weighted by atomic mass is 32.2. The lowest BCUT2D eigenvalue weighted by Crippen LogP contribution is -2.30. The lowest BCUT2D eigenvalue weighted by atomic mass is 9.92. The Morgan fingerprint density at radius 2 is 2.23 bits per heavy atom. The number of nitrogens with one attached hydrogen (secondary N) is 1. The monoisotopic (exact) mass is 330 g/mol. The van der Waals surface area contributed by atoms with Gasteiger partial charge in [-0.15, -0.1) is 0 Å². The van der Waals surface area contributed by atoms with E-state index in [0.717, 1.165) is 31.6 Å². The van der Waals surface area contributed by atoms with Crippen LogP contribution >= 0.6 is 0 Å². The van der Waals surface area contributed by atoms with Crippen molar-refractivity contribution < 1.29 is 13.5 Å². The van der Waals surface area contributed by atoms with E-state index < -0.39 is 10.0 Å². The third kappa shape index (κ3) is 4.52. The summed E-state index contributed by atoms with van der Waals surface area (Å²) in [6.07, 6.45) is 4.65. The van der Waals surface area contributed by atoms with Crippen LogP contribution < -0.4 is 4.72 Å². The SMILES string of the molecule is CCS(=O)(=O)NCCCN1C[C@@H](CO)[C@H](c2cnn(C)c2)C1. The Balaban J connectivity index is 1.82. The summed E-state index contributed by atoms with van der Waals surface area (Å²) >= 11 is 0. The van der Waals surface area contributed by atoms with Crippen molar-refractivity contribution in [3.8, 4) is 0 Å². The summed E-state index contributed by atoms with van der Waals surface area (Å²) in [5.74, 6) is 0.634. The predicted octanol–water partition coefficient (Wildman–Crippen LogP) is -0.243. The topological polar surface area (TPSA) is 87.5 Å². The molecule has 0 unspecified atom stereocenters. The maximum absolute atomic E-state index is 11.4. The fourth-order valence-corrected chi connectivity index (χ4v) is 3.63. The molecule has 1 aromatic heterocycles. The van der Waals surface area contributed by atoms with Gasteiger partial charge in [0.2, 0.25) is 10.0 Å². The fourth-order valence-electron chi connectivity index (χ4n) is 2.97. The third-order valence-electron chi connectivity index (χ3n) is 4.26. The van der Waals surface area contributed by atoms with Crippen LogP contribution in [-0.2, 0) is 17.1 Å². The Morgan fingerprint density at radius 1 is 1.45 bits per heavy atom. The Bertz CT molecular complexity index is 572. The van der Waals surface area contributed by atoms with E-state index in [1.165, 1.54) is 0 Å². The largest absolute Gasteiger partial charge is 0.396 e. The van der Waals surface area contributed by atoms with Gasteiger partial charge in [-0.25, -0.2) is 13.1 Å². The molecule has 0 spiro atoms. The van der Waals surface area contributed by atoms with E-state index in [0.29, 0.717) is 12.5 Å². The molecular formula is C14H26N4O3S. The first kappa shape index (κ1) is 17.4. The Morgan fingerprint density at radius 3 is 2.82 bits per heavy atom. The number of hydrogen-bond donors (Lipinski definition) is 2. The number of likely N-dealkylation sites (tertiary alicyclic amines) is 1. The molecule has 126 valence electrons. The van der Waals surface area contributed by atoms with Gasteiger partial charge in [-0.1, -0.05) is 0 Å². The number of nitrogens with zero attached hydrogens (tertiary/aromatic N) is 3. The summed E-state index contributed by atoms with van der Waals surface area (Å²) in [6.45, 7) is 4.83. The van der Waals surface area contributed by atoms with E-state index in [1.54, 1.807) is 11.6 Å². The van der Waals surface area contributed by atoms with Gasteiger partial charge in [-0.2, -0.15) is 5.10 Å². The highest BCUT2D eigenvalue weighted by Crippen LogP contribution is 2.32. The van der Waals surface area contributed by atoms with Gasteiger partial charge in [-0.3, -0.25) is 4.68 Å². The number of aromatic nitrogens is 2. The highest BCUT2D eigenvalue weighted by Gasteiger charge is 2.33. The van der Waals surface area contributed by atoms with Gasteiger partial charge in [0.25, 0.3) is 0 Å². The van der Waals surface area contributed by atoms with Gasteiger partial charge in [-0.05, 0) is 25.5 Å². The summed E-state index contributed by atoms with van der Waals surface area (Å²) in [7, 11) is -1.21. The molecule has 2 heterocycles. The van der Waals surface area contributed by atoms with Crippen molar-refractivity contribution in [1.82, 2.24) is 19.4 Å². The normalized spacial score (nSPS) is 23.2. The molecule has 0 saturated carbocycles.